The highest BCUT2D eigenvalue weighted by atomic mass is 16.5. The summed E-state index contributed by atoms with van der Waals surface area (Å²) in [4.78, 5) is 18.6. The molecular weight excluding hydrogens is 402 g/mol. The van der Waals surface area contributed by atoms with Crippen LogP contribution in [0.3, 0.4) is 0 Å². The normalized spacial score (nSPS) is 13.1. The fourth-order valence-corrected chi connectivity index (χ4v) is 3.42. The minimum Gasteiger partial charge on any atom is -0.491 e. The van der Waals surface area contributed by atoms with Gasteiger partial charge in [0.2, 0.25) is 5.82 Å². The summed E-state index contributed by atoms with van der Waals surface area (Å²) in [5.41, 5.74) is 2.99. The molecule has 0 spiro atoms. The maximum atomic E-state index is 12.4. The SMILES string of the molecule is CCN1Cc2ccc(COc3nn4c(-c5cc(C)on5)nnc4cc3OC)nc2C1=O. The Balaban J connectivity index is 1.44. The molecule has 0 atom stereocenters. The molecule has 0 saturated heterocycles. The van der Waals surface area contributed by atoms with Crippen LogP contribution in [-0.2, 0) is 13.2 Å². The standard InChI is InChI=1S/C20H19N7O4/c1-4-26-9-12-5-6-13(21-17(12)20(26)28)10-30-19-15(29-3)8-16-22-23-18(27(16)24-19)14-7-11(2)31-25-14/h5-8H,4,9-10H2,1-3H3. The average molecular weight is 421 g/mol. The number of hydrogen-bond donors (Lipinski definition) is 0. The Morgan fingerprint density at radius 2 is 2.10 bits per heavy atom. The number of carbonyl (C=O) groups is 1. The van der Waals surface area contributed by atoms with Crippen molar-refractivity contribution in [1.29, 1.82) is 0 Å². The van der Waals surface area contributed by atoms with Gasteiger partial charge in [-0.1, -0.05) is 11.2 Å². The molecule has 0 saturated carbocycles. The van der Waals surface area contributed by atoms with Crippen molar-refractivity contribution < 1.29 is 18.8 Å². The Hall–Kier alpha value is -4.02. The number of nitrogens with zero attached hydrogens (tertiary/aromatic N) is 7. The van der Waals surface area contributed by atoms with Crippen LogP contribution < -0.4 is 9.47 Å². The molecule has 11 nitrogen and oxygen atoms in total. The minimum absolute atomic E-state index is 0.0616. The van der Waals surface area contributed by atoms with Gasteiger partial charge in [-0.05, 0) is 19.9 Å². The Morgan fingerprint density at radius 1 is 1.23 bits per heavy atom. The molecule has 5 heterocycles. The third kappa shape index (κ3) is 3.23. The van der Waals surface area contributed by atoms with E-state index in [4.69, 9.17) is 14.0 Å². The Bertz CT molecular complexity index is 1300. The molecule has 0 aliphatic carbocycles. The first kappa shape index (κ1) is 19.0. The molecule has 1 amide bonds. The largest absolute Gasteiger partial charge is 0.491 e. The lowest BCUT2D eigenvalue weighted by Crippen LogP contribution is -2.23. The summed E-state index contributed by atoms with van der Waals surface area (Å²) in [7, 11) is 1.52. The highest BCUT2D eigenvalue weighted by Crippen LogP contribution is 2.28. The average Bonchev–Trinajstić information content (AvgIpc) is 3.48. The lowest BCUT2D eigenvalue weighted by Gasteiger charge is -2.10. The van der Waals surface area contributed by atoms with Crippen molar-refractivity contribution in [3.8, 4) is 23.1 Å². The predicted octanol–water partition coefficient (Wildman–Crippen LogP) is 2.05. The van der Waals surface area contributed by atoms with Gasteiger partial charge in [0.25, 0.3) is 11.8 Å². The molecule has 11 heteroatoms. The third-order valence-electron chi connectivity index (χ3n) is 5.03. The molecule has 0 unspecified atom stereocenters. The molecule has 5 rings (SSSR count). The molecule has 1 aliphatic heterocycles. The van der Waals surface area contributed by atoms with Gasteiger partial charge in [0.15, 0.2) is 17.1 Å². The van der Waals surface area contributed by atoms with Crippen LogP contribution in [0.5, 0.6) is 11.6 Å². The molecule has 0 aromatic carbocycles. The molecule has 4 aromatic heterocycles. The molecule has 158 valence electrons. The van der Waals surface area contributed by atoms with Crippen molar-refractivity contribution in [1.82, 2.24) is 34.9 Å². The highest BCUT2D eigenvalue weighted by Gasteiger charge is 2.28. The zero-order valence-electron chi connectivity index (χ0n) is 17.2. The zero-order valence-corrected chi connectivity index (χ0v) is 17.2. The van der Waals surface area contributed by atoms with E-state index in [0.29, 0.717) is 53.2 Å². The van der Waals surface area contributed by atoms with E-state index in [0.717, 1.165) is 5.56 Å². The van der Waals surface area contributed by atoms with Gasteiger partial charge in [0.1, 0.15) is 18.1 Å². The van der Waals surface area contributed by atoms with Gasteiger partial charge in [-0.25, -0.2) is 4.98 Å². The van der Waals surface area contributed by atoms with Gasteiger partial charge in [-0.15, -0.1) is 15.3 Å². The van der Waals surface area contributed by atoms with Crippen molar-refractivity contribution in [2.75, 3.05) is 13.7 Å². The van der Waals surface area contributed by atoms with Crippen LogP contribution in [0, 0.1) is 6.92 Å². The first-order valence-corrected chi connectivity index (χ1v) is 9.72. The summed E-state index contributed by atoms with van der Waals surface area (Å²) in [5.74, 6) is 1.64. The van der Waals surface area contributed by atoms with Gasteiger partial charge >= 0.3 is 0 Å². The lowest BCUT2D eigenvalue weighted by molar-refractivity contribution is 0.0782. The van der Waals surface area contributed by atoms with Gasteiger partial charge in [0, 0.05) is 30.8 Å². The molecule has 0 bridgehead atoms. The van der Waals surface area contributed by atoms with Crippen molar-refractivity contribution in [3.05, 3.63) is 47.0 Å². The highest BCUT2D eigenvalue weighted by molar-refractivity contribution is 5.96. The van der Waals surface area contributed by atoms with E-state index in [1.807, 2.05) is 19.1 Å². The van der Waals surface area contributed by atoms with Crippen LogP contribution >= 0.6 is 0 Å². The fraction of sp³-hybridized carbons (Fsp3) is 0.300. The van der Waals surface area contributed by atoms with Crippen molar-refractivity contribution in [2.45, 2.75) is 27.0 Å². The maximum Gasteiger partial charge on any atom is 0.275 e. The number of ether oxygens (including phenoxy) is 2. The number of aromatic nitrogens is 6. The monoisotopic (exact) mass is 421 g/mol. The van der Waals surface area contributed by atoms with Gasteiger partial charge in [-0.2, -0.15) is 4.52 Å². The van der Waals surface area contributed by atoms with Crippen molar-refractivity contribution >= 4 is 11.6 Å². The molecular formula is C20H19N7O4. The summed E-state index contributed by atoms with van der Waals surface area (Å²) in [6, 6.07) is 7.17. The third-order valence-corrected chi connectivity index (χ3v) is 5.03. The van der Waals surface area contributed by atoms with E-state index in [1.165, 1.54) is 11.6 Å². The van der Waals surface area contributed by atoms with Gasteiger partial charge < -0.3 is 18.9 Å². The van der Waals surface area contributed by atoms with Crippen LogP contribution in [0.15, 0.2) is 28.8 Å². The summed E-state index contributed by atoms with van der Waals surface area (Å²) < 4.78 is 17.9. The van der Waals surface area contributed by atoms with Crippen LogP contribution in [0.4, 0.5) is 0 Å². The summed E-state index contributed by atoms with van der Waals surface area (Å²) in [6.45, 7) is 5.08. The van der Waals surface area contributed by atoms with E-state index < -0.39 is 0 Å². The maximum absolute atomic E-state index is 12.4. The van der Waals surface area contributed by atoms with Crippen LogP contribution in [0.1, 0.15) is 34.4 Å². The number of carbonyl (C=O) groups excluding carboxylic acids is 1. The van der Waals surface area contributed by atoms with Crippen LogP contribution in [-0.4, -0.2) is 54.4 Å². The summed E-state index contributed by atoms with van der Waals surface area (Å²) >= 11 is 0. The van der Waals surface area contributed by atoms with Crippen molar-refractivity contribution in [2.24, 2.45) is 0 Å². The van der Waals surface area contributed by atoms with E-state index in [9.17, 15) is 4.79 Å². The molecule has 4 aromatic rings. The van der Waals surface area contributed by atoms with E-state index >= 15 is 0 Å². The van der Waals surface area contributed by atoms with Gasteiger partial charge in [0.05, 0.1) is 12.8 Å². The second-order valence-electron chi connectivity index (χ2n) is 7.05. The number of amides is 1. The smallest absolute Gasteiger partial charge is 0.275 e. The molecule has 0 radical (unpaired) electrons. The second kappa shape index (κ2) is 7.35. The Labute approximate surface area is 176 Å². The van der Waals surface area contributed by atoms with E-state index in [-0.39, 0.29) is 18.4 Å². The van der Waals surface area contributed by atoms with Crippen LogP contribution in [0.25, 0.3) is 17.2 Å². The summed E-state index contributed by atoms with van der Waals surface area (Å²) in [6.07, 6.45) is 0. The first-order chi connectivity index (χ1) is 15.1. The van der Waals surface area contributed by atoms with Gasteiger partial charge in [-0.3, -0.25) is 4.79 Å². The van der Waals surface area contributed by atoms with E-state index in [2.05, 4.69) is 25.4 Å². The topological polar surface area (TPSA) is 121 Å². The number of fused-ring (bicyclic) bond motifs is 2. The quantitative estimate of drug-likeness (QED) is 0.460. The molecule has 1 aliphatic rings. The molecule has 0 fully saturated rings. The lowest BCUT2D eigenvalue weighted by atomic mass is 10.2. The number of methoxy groups -OCH3 is 1. The molecule has 31 heavy (non-hydrogen) atoms. The second-order valence-corrected chi connectivity index (χ2v) is 7.05. The number of pyridine rings is 1. The number of rotatable bonds is 6. The summed E-state index contributed by atoms with van der Waals surface area (Å²) in [5, 5.41) is 16.7. The Morgan fingerprint density at radius 3 is 2.84 bits per heavy atom. The fourth-order valence-electron chi connectivity index (χ4n) is 3.42. The molecule has 0 N–H and O–H groups in total. The van der Waals surface area contributed by atoms with Crippen LogP contribution in [0.2, 0.25) is 0 Å². The van der Waals surface area contributed by atoms with Crippen molar-refractivity contribution in [3.63, 3.8) is 0 Å². The number of hydrogen-bond acceptors (Lipinski definition) is 9. The Kier molecular flexibility index (Phi) is 4.50. The van der Waals surface area contributed by atoms with E-state index in [1.54, 1.807) is 24.0 Å². The first-order valence-electron chi connectivity index (χ1n) is 9.72. The minimum atomic E-state index is -0.0616. The zero-order chi connectivity index (χ0) is 21.5. The number of aryl methyl sites for hydroxylation is 1. The predicted molar refractivity (Wildman–Crippen MR) is 107 cm³/mol.